The number of halogens is 4. The van der Waals surface area contributed by atoms with Crippen LogP contribution >= 0.6 is 53.2 Å². The van der Waals surface area contributed by atoms with E-state index in [9.17, 15) is 0 Å². The van der Waals surface area contributed by atoms with Gasteiger partial charge in [-0.2, -0.15) is 0 Å². The molecule has 0 amide bonds. The molecule has 5 nitrogen and oxygen atoms in total. The molecule has 0 aromatic heterocycles. The van der Waals surface area contributed by atoms with Crippen LogP contribution in [-0.4, -0.2) is 27.4 Å². The topological polar surface area (TPSA) is 158 Å². The van der Waals surface area contributed by atoms with Crippen LogP contribution in [0.3, 0.4) is 0 Å². The number of rotatable bonds is 0. The van der Waals surface area contributed by atoms with E-state index >= 15 is 0 Å². The van der Waals surface area contributed by atoms with Gasteiger partial charge < -0.3 is 27.4 Å². The first-order valence-corrected chi connectivity index (χ1v) is 19.0. The predicted molar refractivity (Wildman–Crippen MR) is 53.8 cm³/mol. The van der Waals surface area contributed by atoms with Gasteiger partial charge in [-0.3, -0.25) is 0 Å². The van der Waals surface area contributed by atoms with E-state index in [1.165, 1.54) is 0 Å². The third-order valence-corrected chi connectivity index (χ3v) is 0. The zero-order valence-electron chi connectivity index (χ0n) is 4.42. The first kappa shape index (κ1) is 39.3. The maximum absolute atomic E-state index is 3.32. The minimum atomic E-state index is -1.77. The molecule has 0 aliphatic heterocycles. The van der Waals surface area contributed by atoms with Crippen LogP contribution in [0.1, 0.15) is 0 Å². The van der Waals surface area contributed by atoms with Gasteiger partial charge in [-0.25, -0.2) is 0 Å². The van der Waals surface area contributed by atoms with Crippen LogP contribution < -0.4 is 0 Å². The SMILES string of the molecule is O.O.O.O.O.[Br][Mo]([Br])([Br])[Br]. The van der Waals surface area contributed by atoms with Crippen molar-refractivity contribution >= 4 is 53.2 Å². The Balaban J connectivity index is -0.00000000800. The van der Waals surface area contributed by atoms with E-state index in [2.05, 4.69) is 53.2 Å². The van der Waals surface area contributed by atoms with Gasteiger partial charge in [-0.15, -0.1) is 0 Å². The van der Waals surface area contributed by atoms with E-state index in [0.29, 0.717) is 0 Å². The zero-order valence-corrected chi connectivity index (χ0v) is 12.8. The summed E-state index contributed by atoms with van der Waals surface area (Å²) in [7, 11) is -1.77. The van der Waals surface area contributed by atoms with Gasteiger partial charge in [0.25, 0.3) is 0 Å². The van der Waals surface area contributed by atoms with E-state index in [1.807, 2.05) is 0 Å². The monoisotopic (exact) mass is 504 g/mol. The van der Waals surface area contributed by atoms with E-state index < -0.39 is 7.84 Å². The Morgan fingerprint density at radius 2 is 0.500 bits per heavy atom. The molecular formula is H10Br4MoO5. The average molecular weight is 506 g/mol. The van der Waals surface area contributed by atoms with Crippen LogP contribution in [-0.2, 0) is 7.84 Å². The van der Waals surface area contributed by atoms with Crippen molar-refractivity contribution in [3.05, 3.63) is 0 Å². The van der Waals surface area contributed by atoms with Gasteiger partial charge in [0.1, 0.15) is 0 Å². The number of hydrogen-bond donors (Lipinski definition) is 0. The Morgan fingerprint density at radius 3 is 0.500 bits per heavy atom. The first-order chi connectivity index (χ1) is 2.00. The molecule has 10 N–H and O–H groups in total. The summed E-state index contributed by atoms with van der Waals surface area (Å²) in [6.07, 6.45) is 0. The second kappa shape index (κ2) is 17.5. The summed E-state index contributed by atoms with van der Waals surface area (Å²) in [4.78, 5) is 0. The van der Waals surface area contributed by atoms with Gasteiger partial charge in [-0.05, 0) is 0 Å². The average Bonchev–Trinajstić information content (AvgIpc) is 0.722. The predicted octanol–water partition coefficient (Wildman–Crippen LogP) is -0.744. The van der Waals surface area contributed by atoms with Crippen molar-refractivity contribution in [1.29, 1.82) is 0 Å². The summed E-state index contributed by atoms with van der Waals surface area (Å²) >= 11 is 13.3. The van der Waals surface area contributed by atoms with Gasteiger partial charge in [0.05, 0.1) is 0 Å². The molecule has 0 bridgehead atoms. The molecule has 0 aliphatic rings. The van der Waals surface area contributed by atoms with Crippen molar-refractivity contribution in [2.24, 2.45) is 0 Å². The fourth-order valence-corrected chi connectivity index (χ4v) is 0. The summed E-state index contributed by atoms with van der Waals surface area (Å²) in [5, 5.41) is 0. The molecule has 0 unspecified atom stereocenters. The van der Waals surface area contributed by atoms with E-state index in [4.69, 9.17) is 0 Å². The van der Waals surface area contributed by atoms with Gasteiger partial charge in [0.2, 0.25) is 0 Å². The van der Waals surface area contributed by atoms with Crippen LogP contribution in [0.25, 0.3) is 0 Å². The van der Waals surface area contributed by atoms with Crippen molar-refractivity contribution in [3.63, 3.8) is 0 Å². The molecule has 74 valence electrons. The molecular weight excluding hydrogens is 496 g/mol. The second-order valence-corrected chi connectivity index (χ2v) is 55.9. The van der Waals surface area contributed by atoms with Crippen LogP contribution in [0.2, 0.25) is 0 Å². The molecule has 0 aromatic rings. The van der Waals surface area contributed by atoms with E-state index in [0.717, 1.165) is 0 Å². The molecule has 0 saturated heterocycles. The van der Waals surface area contributed by atoms with Crippen molar-refractivity contribution in [2.75, 3.05) is 0 Å². The molecule has 0 rings (SSSR count). The van der Waals surface area contributed by atoms with Gasteiger partial charge in [0.15, 0.2) is 0 Å². The van der Waals surface area contributed by atoms with Gasteiger partial charge >= 0.3 is 61.0 Å². The number of hydrogen-bond acceptors (Lipinski definition) is 0. The summed E-state index contributed by atoms with van der Waals surface area (Å²) in [6.45, 7) is 0. The van der Waals surface area contributed by atoms with Crippen molar-refractivity contribution in [1.82, 2.24) is 0 Å². The molecule has 0 aromatic carbocycles. The molecule has 0 atom stereocenters. The third-order valence-electron chi connectivity index (χ3n) is 0. The maximum atomic E-state index is 3.32. The molecule has 0 aliphatic carbocycles. The van der Waals surface area contributed by atoms with Gasteiger partial charge in [0, 0.05) is 0 Å². The van der Waals surface area contributed by atoms with E-state index in [-0.39, 0.29) is 27.4 Å². The quantitative estimate of drug-likeness (QED) is 0.380. The van der Waals surface area contributed by atoms with Crippen LogP contribution in [0.15, 0.2) is 0 Å². The summed E-state index contributed by atoms with van der Waals surface area (Å²) in [5.74, 6) is 0. The first-order valence-electron chi connectivity index (χ1n) is 0.617. The van der Waals surface area contributed by atoms with Crippen LogP contribution in [0, 0.1) is 0 Å². The van der Waals surface area contributed by atoms with Crippen molar-refractivity contribution in [3.8, 4) is 0 Å². The van der Waals surface area contributed by atoms with Crippen LogP contribution in [0.4, 0.5) is 0 Å². The summed E-state index contributed by atoms with van der Waals surface area (Å²) < 4.78 is 0. The minimum absolute atomic E-state index is 0. The normalized spacial score (nSPS) is 7.60. The Morgan fingerprint density at radius 1 is 0.500 bits per heavy atom. The van der Waals surface area contributed by atoms with Crippen molar-refractivity contribution < 1.29 is 35.2 Å². The van der Waals surface area contributed by atoms with E-state index in [1.54, 1.807) is 0 Å². The summed E-state index contributed by atoms with van der Waals surface area (Å²) in [6, 6.07) is 0. The van der Waals surface area contributed by atoms with Crippen molar-refractivity contribution in [2.45, 2.75) is 0 Å². The fourth-order valence-electron chi connectivity index (χ4n) is 0. The molecule has 10 heteroatoms. The Bertz CT molecular complexity index is 29.1. The third kappa shape index (κ3) is 159. The molecule has 0 heterocycles. The fraction of sp³-hybridized carbons (Fsp3) is 0. The molecule has 0 saturated carbocycles. The Hall–Kier alpha value is 2.41. The molecule has 0 fully saturated rings. The summed E-state index contributed by atoms with van der Waals surface area (Å²) in [5.41, 5.74) is 0. The molecule has 10 heavy (non-hydrogen) atoms. The van der Waals surface area contributed by atoms with Crippen LogP contribution in [0.5, 0.6) is 0 Å². The second-order valence-electron chi connectivity index (χ2n) is 0.350. The molecule has 0 spiro atoms. The Kier molecular flexibility index (Phi) is 68.7. The molecule has 0 radical (unpaired) electrons. The Labute approximate surface area is 87.2 Å². The van der Waals surface area contributed by atoms with Gasteiger partial charge in [-0.1, -0.05) is 0 Å². The zero-order chi connectivity index (χ0) is 4.50. The standard InChI is InChI=1S/4BrH.Mo.5H2O/h4*1H;;5*1H2/q;;;;+4;;;;;/p-4.